The Morgan fingerprint density at radius 3 is 2.52 bits per heavy atom. The predicted octanol–water partition coefficient (Wildman–Crippen LogP) is 2.59. The van der Waals surface area contributed by atoms with Gasteiger partial charge in [-0.2, -0.15) is 0 Å². The van der Waals surface area contributed by atoms with Crippen LogP contribution in [0.4, 0.5) is 5.69 Å². The number of pyridine rings is 1. The maximum absolute atomic E-state index is 11.4. The Bertz CT molecular complexity index is 863. The molecule has 6 nitrogen and oxygen atoms in total. The van der Waals surface area contributed by atoms with E-state index in [1.165, 1.54) is 0 Å². The smallest absolute Gasteiger partial charge is 0.238 e. The van der Waals surface area contributed by atoms with Crippen molar-refractivity contribution in [1.29, 1.82) is 0 Å². The van der Waals surface area contributed by atoms with Gasteiger partial charge in [-0.15, -0.1) is 0 Å². The normalized spacial score (nSPS) is 21.6. The van der Waals surface area contributed by atoms with E-state index in [0.717, 1.165) is 17.8 Å². The van der Waals surface area contributed by atoms with Crippen LogP contribution in [0.25, 0.3) is 0 Å². The molecule has 1 saturated carbocycles. The van der Waals surface area contributed by atoms with Gasteiger partial charge in [0.15, 0.2) is 0 Å². The minimum atomic E-state index is -3.65. The molecule has 1 aromatic heterocycles. The maximum atomic E-state index is 11.4. The van der Waals surface area contributed by atoms with Gasteiger partial charge in [-0.25, -0.2) is 18.5 Å². The first-order valence-electron chi connectivity index (χ1n) is 8.11. The molecule has 1 aliphatic rings. The van der Waals surface area contributed by atoms with Crippen LogP contribution < -0.4 is 15.2 Å². The molecule has 2 atom stereocenters. The molecule has 1 aromatic carbocycles. The number of primary sulfonamides is 1. The molecule has 1 fully saturated rings. The average Bonchev–Trinajstić information content (AvgIpc) is 3.13. The summed E-state index contributed by atoms with van der Waals surface area (Å²) in [6, 6.07) is 10.7. The molecule has 2 unspecified atom stereocenters. The first kappa shape index (κ1) is 17.7. The molecular weight excluding hydrogens is 338 g/mol. The lowest BCUT2D eigenvalue weighted by Gasteiger charge is -2.10. The lowest BCUT2D eigenvalue weighted by atomic mass is 10.0. The van der Waals surface area contributed by atoms with E-state index in [4.69, 9.17) is 9.88 Å². The fourth-order valence-electron chi connectivity index (χ4n) is 3.56. The number of hydrogen-bond donors (Lipinski definition) is 2. The number of benzene rings is 1. The summed E-state index contributed by atoms with van der Waals surface area (Å²) < 4.78 is 28.0. The van der Waals surface area contributed by atoms with Crippen molar-refractivity contribution in [3.05, 3.63) is 48.2 Å². The van der Waals surface area contributed by atoms with Crippen molar-refractivity contribution in [2.75, 3.05) is 19.0 Å². The number of methoxy groups -OCH3 is 1. The molecule has 3 rings (SSSR count). The van der Waals surface area contributed by atoms with Crippen LogP contribution in [-0.4, -0.2) is 27.1 Å². The largest absolute Gasteiger partial charge is 0.480 e. The van der Waals surface area contributed by atoms with Crippen LogP contribution in [0, 0.1) is 11.3 Å². The topological polar surface area (TPSA) is 94.3 Å². The van der Waals surface area contributed by atoms with E-state index in [9.17, 15) is 8.42 Å². The van der Waals surface area contributed by atoms with E-state index in [-0.39, 0.29) is 10.3 Å². The second kappa shape index (κ2) is 6.31. The maximum Gasteiger partial charge on any atom is 0.238 e. The number of aromatic nitrogens is 1. The van der Waals surface area contributed by atoms with Crippen LogP contribution in [-0.2, 0) is 10.0 Å². The zero-order chi connectivity index (χ0) is 18.2. The van der Waals surface area contributed by atoms with Crippen molar-refractivity contribution in [3.8, 4) is 5.88 Å². The molecule has 0 amide bonds. The number of ether oxygens (including phenoxy) is 1. The summed E-state index contributed by atoms with van der Waals surface area (Å²) in [6.45, 7) is 5.23. The van der Waals surface area contributed by atoms with Crippen LogP contribution in [0.15, 0.2) is 47.5 Å². The molecule has 3 N–H and O–H groups in total. The van der Waals surface area contributed by atoms with Crippen LogP contribution in [0.1, 0.15) is 25.3 Å². The van der Waals surface area contributed by atoms with Gasteiger partial charge in [-0.3, -0.25) is 0 Å². The Labute approximate surface area is 148 Å². The first-order chi connectivity index (χ1) is 11.7. The molecule has 134 valence electrons. The van der Waals surface area contributed by atoms with Crippen molar-refractivity contribution < 1.29 is 13.2 Å². The van der Waals surface area contributed by atoms with Crippen molar-refractivity contribution in [1.82, 2.24) is 4.98 Å². The van der Waals surface area contributed by atoms with Gasteiger partial charge < -0.3 is 10.1 Å². The summed E-state index contributed by atoms with van der Waals surface area (Å²) in [6.07, 6.45) is 1.70. The SMILES string of the molecule is COc1ncccc1NCC1C(c2ccc(S(N)(=O)=O)cc2)C1(C)C. The van der Waals surface area contributed by atoms with Crippen LogP contribution in [0.2, 0.25) is 0 Å². The molecule has 1 aliphatic carbocycles. The fraction of sp³-hybridized carbons (Fsp3) is 0.389. The van der Waals surface area contributed by atoms with Crippen LogP contribution in [0.3, 0.4) is 0 Å². The van der Waals surface area contributed by atoms with Gasteiger partial charge in [0.1, 0.15) is 0 Å². The fourth-order valence-corrected chi connectivity index (χ4v) is 4.08. The number of rotatable bonds is 6. The van der Waals surface area contributed by atoms with E-state index < -0.39 is 10.0 Å². The highest BCUT2D eigenvalue weighted by molar-refractivity contribution is 7.89. The lowest BCUT2D eigenvalue weighted by molar-refractivity contribution is 0.399. The molecule has 7 heteroatoms. The molecular formula is C18H23N3O3S. The number of nitrogens with one attached hydrogen (secondary N) is 1. The van der Waals surface area contributed by atoms with Gasteiger partial charge in [-0.1, -0.05) is 26.0 Å². The quantitative estimate of drug-likeness (QED) is 0.825. The Morgan fingerprint density at radius 1 is 1.24 bits per heavy atom. The van der Waals surface area contributed by atoms with Crippen LogP contribution >= 0.6 is 0 Å². The lowest BCUT2D eigenvalue weighted by Crippen LogP contribution is -2.11. The molecule has 0 aliphatic heterocycles. The number of anilines is 1. The highest BCUT2D eigenvalue weighted by Crippen LogP contribution is 2.64. The standard InChI is InChI=1S/C18H23N3O3S/c1-18(2)14(11-21-15-5-4-10-20-17(15)24-3)16(18)12-6-8-13(9-7-12)25(19,22)23/h4-10,14,16,21H,11H2,1-3H3,(H2,19,22,23). The molecule has 0 radical (unpaired) electrons. The number of sulfonamides is 1. The molecule has 0 saturated heterocycles. The van der Waals surface area contributed by atoms with E-state index in [1.54, 1.807) is 25.4 Å². The van der Waals surface area contributed by atoms with Gasteiger partial charge in [0.2, 0.25) is 15.9 Å². The summed E-state index contributed by atoms with van der Waals surface area (Å²) in [4.78, 5) is 4.33. The van der Waals surface area contributed by atoms with Gasteiger partial charge in [0.05, 0.1) is 17.7 Å². The third-order valence-electron chi connectivity index (χ3n) is 5.10. The summed E-state index contributed by atoms with van der Waals surface area (Å²) in [5.74, 6) is 1.37. The Balaban J connectivity index is 1.72. The van der Waals surface area contributed by atoms with Gasteiger partial charge in [0, 0.05) is 12.7 Å². The van der Waals surface area contributed by atoms with E-state index in [1.807, 2.05) is 24.3 Å². The minimum absolute atomic E-state index is 0.131. The summed E-state index contributed by atoms with van der Waals surface area (Å²) >= 11 is 0. The Hall–Kier alpha value is -2.12. The summed E-state index contributed by atoms with van der Waals surface area (Å²) in [7, 11) is -2.05. The highest BCUT2D eigenvalue weighted by atomic mass is 32.2. The summed E-state index contributed by atoms with van der Waals surface area (Å²) in [5, 5.41) is 8.58. The molecule has 0 spiro atoms. The Morgan fingerprint density at radius 2 is 1.92 bits per heavy atom. The second-order valence-corrected chi connectivity index (χ2v) is 8.52. The monoisotopic (exact) mass is 361 g/mol. The average molecular weight is 361 g/mol. The van der Waals surface area contributed by atoms with E-state index >= 15 is 0 Å². The van der Waals surface area contributed by atoms with Crippen LogP contribution in [0.5, 0.6) is 5.88 Å². The third kappa shape index (κ3) is 3.48. The number of nitrogens with two attached hydrogens (primary N) is 1. The number of hydrogen-bond acceptors (Lipinski definition) is 5. The van der Waals surface area contributed by atoms with E-state index in [0.29, 0.717) is 17.7 Å². The number of nitrogens with zero attached hydrogens (tertiary/aromatic N) is 1. The van der Waals surface area contributed by atoms with Crippen molar-refractivity contribution in [3.63, 3.8) is 0 Å². The van der Waals surface area contributed by atoms with Crippen molar-refractivity contribution in [2.45, 2.75) is 24.7 Å². The van der Waals surface area contributed by atoms with Crippen molar-refractivity contribution >= 4 is 15.7 Å². The van der Waals surface area contributed by atoms with Gasteiger partial charge in [0.25, 0.3) is 0 Å². The molecule has 25 heavy (non-hydrogen) atoms. The van der Waals surface area contributed by atoms with Gasteiger partial charge >= 0.3 is 0 Å². The predicted molar refractivity (Wildman–Crippen MR) is 97.1 cm³/mol. The Kier molecular flexibility index (Phi) is 4.47. The second-order valence-electron chi connectivity index (χ2n) is 6.96. The highest BCUT2D eigenvalue weighted by Gasteiger charge is 2.57. The first-order valence-corrected chi connectivity index (χ1v) is 9.65. The minimum Gasteiger partial charge on any atom is -0.480 e. The zero-order valence-electron chi connectivity index (χ0n) is 14.6. The van der Waals surface area contributed by atoms with Crippen molar-refractivity contribution in [2.24, 2.45) is 16.5 Å². The molecule has 2 aromatic rings. The molecule has 1 heterocycles. The van der Waals surface area contributed by atoms with Gasteiger partial charge in [-0.05, 0) is 47.1 Å². The summed E-state index contributed by atoms with van der Waals surface area (Å²) in [5.41, 5.74) is 2.13. The zero-order valence-corrected chi connectivity index (χ0v) is 15.4. The third-order valence-corrected chi connectivity index (χ3v) is 6.02. The van der Waals surface area contributed by atoms with E-state index in [2.05, 4.69) is 24.1 Å². The molecule has 0 bridgehead atoms.